The van der Waals surface area contributed by atoms with Crippen molar-refractivity contribution in [2.45, 2.75) is 45.2 Å². The molecule has 20 heavy (non-hydrogen) atoms. The molecule has 1 N–H and O–H groups in total. The van der Waals surface area contributed by atoms with Gasteiger partial charge in [0.25, 0.3) is 0 Å². The van der Waals surface area contributed by atoms with Gasteiger partial charge in [0.15, 0.2) is 0 Å². The Bertz CT molecular complexity index is 521. The zero-order chi connectivity index (χ0) is 14.5. The lowest BCUT2D eigenvalue weighted by Gasteiger charge is -2.27. The maximum absolute atomic E-state index is 11.5. The molecule has 0 radical (unpaired) electrons. The molecular formula is C13H20N4O3. The molecule has 1 saturated carbocycles. The zero-order valence-electron chi connectivity index (χ0n) is 11.6. The summed E-state index contributed by atoms with van der Waals surface area (Å²) >= 11 is 0. The lowest BCUT2D eigenvalue weighted by Crippen LogP contribution is -2.36. The molecule has 0 spiro atoms. The lowest BCUT2D eigenvalue weighted by molar-refractivity contribution is -0.385. The Morgan fingerprint density at radius 2 is 2.15 bits per heavy atom. The van der Waals surface area contributed by atoms with Crippen LogP contribution in [0.2, 0.25) is 0 Å². The van der Waals surface area contributed by atoms with Gasteiger partial charge in [-0.05, 0) is 31.6 Å². The fourth-order valence-corrected chi connectivity index (χ4v) is 2.55. The third-order valence-electron chi connectivity index (χ3n) is 3.85. The summed E-state index contributed by atoms with van der Waals surface area (Å²) in [5.74, 6) is 0.802. The van der Waals surface area contributed by atoms with Gasteiger partial charge < -0.3 is 5.32 Å². The van der Waals surface area contributed by atoms with Crippen LogP contribution in [0, 0.1) is 16.0 Å². The Morgan fingerprint density at radius 1 is 1.45 bits per heavy atom. The van der Waals surface area contributed by atoms with E-state index in [0.29, 0.717) is 19.1 Å². The van der Waals surface area contributed by atoms with Crippen molar-refractivity contribution in [3.8, 4) is 0 Å². The quantitative estimate of drug-likeness (QED) is 0.649. The number of hydrogen-bond donors (Lipinski definition) is 1. The van der Waals surface area contributed by atoms with E-state index in [9.17, 15) is 14.9 Å². The first kappa shape index (κ1) is 14.6. The molecule has 1 fully saturated rings. The molecule has 1 aliphatic rings. The van der Waals surface area contributed by atoms with Gasteiger partial charge in [0.1, 0.15) is 6.20 Å². The molecule has 1 aromatic heterocycles. The van der Waals surface area contributed by atoms with Crippen LogP contribution in [0.1, 0.15) is 32.6 Å². The highest BCUT2D eigenvalue weighted by molar-refractivity contribution is 5.20. The molecule has 1 heterocycles. The zero-order valence-corrected chi connectivity index (χ0v) is 11.6. The topological polar surface area (TPSA) is 90.1 Å². The average Bonchev–Trinajstić information content (AvgIpc) is 2.43. The minimum atomic E-state index is -0.543. The Morgan fingerprint density at radius 3 is 2.80 bits per heavy atom. The SMILES string of the molecule is CC1CCC(NCCn2cc([N+](=O)[O-])cnc2=O)CC1. The molecule has 1 aromatic rings. The monoisotopic (exact) mass is 280 g/mol. The van der Waals surface area contributed by atoms with Crippen LogP contribution in [0.15, 0.2) is 17.2 Å². The Labute approximate surface area is 117 Å². The summed E-state index contributed by atoms with van der Waals surface area (Å²) in [7, 11) is 0. The molecule has 110 valence electrons. The Balaban J connectivity index is 1.86. The number of nitrogens with one attached hydrogen (secondary N) is 1. The normalized spacial score (nSPS) is 22.6. The van der Waals surface area contributed by atoms with Crippen molar-refractivity contribution in [3.63, 3.8) is 0 Å². The molecule has 1 aliphatic carbocycles. The van der Waals surface area contributed by atoms with Crippen molar-refractivity contribution in [1.29, 1.82) is 0 Å². The molecule has 2 rings (SSSR count). The van der Waals surface area contributed by atoms with Gasteiger partial charge in [0, 0.05) is 19.1 Å². The van der Waals surface area contributed by atoms with Crippen molar-refractivity contribution in [3.05, 3.63) is 33.0 Å². The first-order valence-electron chi connectivity index (χ1n) is 7.00. The lowest BCUT2D eigenvalue weighted by atomic mass is 9.87. The van der Waals surface area contributed by atoms with E-state index in [1.54, 1.807) is 0 Å². The fourth-order valence-electron chi connectivity index (χ4n) is 2.55. The third kappa shape index (κ3) is 3.86. The Hall–Kier alpha value is -1.76. The van der Waals surface area contributed by atoms with Gasteiger partial charge in [-0.3, -0.25) is 14.7 Å². The highest BCUT2D eigenvalue weighted by Gasteiger charge is 2.17. The highest BCUT2D eigenvalue weighted by Crippen LogP contribution is 2.23. The van der Waals surface area contributed by atoms with Gasteiger partial charge in [0.2, 0.25) is 0 Å². The van der Waals surface area contributed by atoms with E-state index in [1.165, 1.54) is 23.6 Å². The largest absolute Gasteiger partial charge is 0.348 e. The predicted molar refractivity (Wildman–Crippen MR) is 74.6 cm³/mol. The van der Waals surface area contributed by atoms with Crippen LogP contribution in [-0.2, 0) is 6.54 Å². The van der Waals surface area contributed by atoms with Crippen molar-refractivity contribution in [2.24, 2.45) is 5.92 Å². The second-order valence-electron chi connectivity index (χ2n) is 5.46. The summed E-state index contributed by atoms with van der Waals surface area (Å²) in [6.07, 6.45) is 7.02. The number of hydrogen-bond acceptors (Lipinski definition) is 5. The summed E-state index contributed by atoms with van der Waals surface area (Å²) < 4.78 is 1.29. The average molecular weight is 280 g/mol. The van der Waals surface area contributed by atoms with Crippen molar-refractivity contribution in [1.82, 2.24) is 14.9 Å². The van der Waals surface area contributed by atoms with E-state index in [-0.39, 0.29) is 5.69 Å². The first-order valence-corrected chi connectivity index (χ1v) is 7.00. The van der Waals surface area contributed by atoms with E-state index < -0.39 is 10.6 Å². The molecule has 0 aromatic carbocycles. The number of rotatable bonds is 5. The molecule has 0 aliphatic heterocycles. The standard InChI is InChI=1S/C13H20N4O3/c1-10-2-4-11(5-3-10)14-6-7-16-9-12(17(19)20)8-15-13(16)18/h8-11,14H,2-7H2,1H3. The van der Waals surface area contributed by atoms with Crippen LogP contribution in [0.5, 0.6) is 0 Å². The van der Waals surface area contributed by atoms with Crippen molar-refractivity contribution >= 4 is 5.69 Å². The maximum atomic E-state index is 11.5. The van der Waals surface area contributed by atoms with E-state index in [4.69, 9.17) is 0 Å². The van der Waals surface area contributed by atoms with Gasteiger partial charge >= 0.3 is 11.4 Å². The summed E-state index contributed by atoms with van der Waals surface area (Å²) in [4.78, 5) is 25.1. The van der Waals surface area contributed by atoms with E-state index in [1.807, 2.05) is 0 Å². The van der Waals surface area contributed by atoms with Crippen LogP contribution >= 0.6 is 0 Å². The molecule has 0 bridgehead atoms. The fraction of sp³-hybridized carbons (Fsp3) is 0.692. The highest BCUT2D eigenvalue weighted by atomic mass is 16.6. The van der Waals surface area contributed by atoms with Crippen LogP contribution in [0.25, 0.3) is 0 Å². The van der Waals surface area contributed by atoms with E-state index in [2.05, 4.69) is 17.2 Å². The van der Waals surface area contributed by atoms with E-state index in [0.717, 1.165) is 25.0 Å². The summed E-state index contributed by atoms with van der Waals surface area (Å²) in [6.45, 7) is 3.30. The summed E-state index contributed by atoms with van der Waals surface area (Å²) in [5, 5.41) is 14.1. The van der Waals surface area contributed by atoms with Crippen LogP contribution in [0.3, 0.4) is 0 Å². The second kappa shape index (κ2) is 6.60. The summed E-state index contributed by atoms with van der Waals surface area (Å²) in [5.41, 5.74) is -0.606. The molecule has 7 nitrogen and oxygen atoms in total. The molecule has 0 atom stereocenters. The maximum Gasteiger partial charge on any atom is 0.348 e. The number of aromatic nitrogens is 2. The minimum absolute atomic E-state index is 0.156. The molecule has 0 amide bonds. The van der Waals surface area contributed by atoms with Crippen LogP contribution in [-0.4, -0.2) is 27.1 Å². The third-order valence-corrected chi connectivity index (χ3v) is 3.85. The van der Waals surface area contributed by atoms with E-state index >= 15 is 0 Å². The van der Waals surface area contributed by atoms with Gasteiger partial charge in [-0.1, -0.05) is 6.92 Å². The molecular weight excluding hydrogens is 260 g/mol. The smallest absolute Gasteiger partial charge is 0.312 e. The van der Waals surface area contributed by atoms with Gasteiger partial charge in [-0.2, -0.15) is 4.98 Å². The van der Waals surface area contributed by atoms with Crippen LogP contribution < -0.4 is 11.0 Å². The van der Waals surface area contributed by atoms with Gasteiger partial charge in [0.05, 0.1) is 11.1 Å². The van der Waals surface area contributed by atoms with Crippen molar-refractivity contribution in [2.75, 3.05) is 6.54 Å². The molecule has 7 heteroatoms. The predicted octanol–water partition coefficient (Wildman–Crippen LogP) is 1.32. The number of nitro groups is 1. The second-order valence-corrected chi connectivity index (χ2v) is 5.46. The first-order chi connectivity index (χ1) is 9.56. The molecule has 0 unspecified atom stereocenters. The van der Waals surface area contributed by atoms with Gasteiger partial charge in [-0.25, -0.2) is 4.79 Å². The Kier molecular flexibility index (Phi) is 4.84. The minimum Gasteiger partial charge on any atom is -0.312 e. The van der Waals surface area contributed by atoms with Crippen LogP contribution in [0.4, 0.5) is 5.69 Å². The van der Waals surface area contributed by atoms with Crippen molar-refractivity contribution < 1.29 is 4.92 Å². The number of nitrogens with zero attached hydrogens (tertiary/aromatic N) is 3. The molecule has 0 saturated heterocycles. The van der Waals surface area contributed by atoms with Gasteiger partial charge in [-0.15, -0.1) is 0 Å². The summed E-state index contributed by atoms with van der Waals surface area (Å²) in [6, 6.07) is 0.494.